The van der Waals surface area contributed by atoms with E-state index in [0.29, 0.717) is 17.3 Å². The van der Waals surface area contributed by atoms with Crippen LogP contribution in [-0.2, 0) is 0 Å². The number of nitrogens with one attached hydrogen (secondary N) is 2. The van der Waals surface area contributed by atoms with Crippen molar-refractivity contribution in [3.8, 4) is 0 Å². The molecule has 1 saturated carbocycles. The van der Waals surface area contributed by atoms with Gasteiger partial charge in [0, 0.05) is 25.3 Å². The van der Waals surface area contributed by atoms with Gasteiger partial charge in [-0.1, -0.05) is 11.6 Å². The van der Waals surface area contributed by atoms with Crippen LogP contribution < -0.4 is 15.5 Å². The first-order valence-electron chi connectivity index (χ1n) is 8.38. The molecule has 1 aliphatic heterocycles. The summed E-state index contributed by atoms with van der Waals surface area (Å²) in [5, 5.41) is 16.1. The van der Waals surface area contributed by atoms with Crippen molar-refractivity contribution >= 4 is 29.0 Å². The number of rotatable bonds is 4. The Morgan fingerprint density at radius 3 is 2.57 bits per heavy atom. The summed E-state index contributed by atoms with van der Waals surface area (Å²) in [6, 6.07) is 5.30. The fraction of sp³-hybridized carbons (Fsp3) is 0.588. The molecule has 5 nitrogen and oxygen atoms in total. The summed E-state index contributed by atoms with van der Waals surface area (Å²) in [5.74, 6) is 0. The average molecular weight is 338 g/mol. The van der Waals surface area contributed by atoms with Crippen LogP contribution in [0, 0.1) is 0 Å². The molecule has 0 spiro atoms. The van der Waals surface area contributed by atoms with Crippen LogP contribution in [0.4, 0.5) is 16.2 Å². The SMILES string of the molecule is O=C(NCC1(O)CCC1)Nc1ccc(N2CCCCC2)c(Cl)c1. The van der Waals surface area contributed by atoms with Crippen molar-refractivity contribution in [1.82, 2.24) is 5.32 Å². The smallest absolute Gasteiger partial charge is 0.319 e. The summed E-state index contributed by atoms with van der Waals surface area (Å²) in [5.41, 5.74) is 0.975. The normalized spacial score (nSPS) is 19.8. The lowest BCUT2D eigenvalue weighted by atomic mass is 9.80. The molecule has 3 rings (SSSR count). The zero-order valence-electron chi connectivity index (χ0n) is 13.3. The van der Waals surface area contributed by atoms with Crippen LogP contribution in [0.3, 0.4) is 0 Å². The Balaban J connectivity index is 1.55. The quantitative estimate of drug-likeness (QED) is 0.789. The highest BCUT2D eigenvalue weighted by molar-refractivity contribution is 6.33. The van der Waals surface area contributed by atoms with E-state index in [9.17, 15) is 9.90 Å². The molecule has 1 aromatic carbocycles. The Bertz CT molecular complexity index is 569. The number of hydrogen-bond donors (Lipinski definition) is 3. The highest BCUT2D eigenvalue weighted by Gasteiger charge is 2.34. The van der Waals surface area contributed by atoms with Gasteiger partial charge in [0.1, 0.15) is 0 Å². The van der Waals surface area contributed by atoms with E-state index >= 15 is 0 Å². The Labute approximate surface area is 142 Å². The largest absolute Gasteiger partial charge is 0.388 e. The number of amides is 2. The van der Waals surface area contributed by atoms with Gasteiger partial charge in [-0.2, -0.15) is 0 Å². The third-order valence-corrected chi connectivity index (χ3v) is 5.07. The molecule has 0 unspecified atom stereocenters. The summed E-state index contributed by atoms with van der Waals surface area (Å²) < 4.78 is 0. The van der Waals surface area contributed by atoms with Crippen molar-refractivity contribution in [2.45, 2.75) is 44.1 Å². The van der Waals surface area contributed by atoms with E-state index in [1.165, 1.54) is 19.3 Å². The van der Waals surface area contributed by atoms with Crippen molar-refractivity contribution < 1.29 is 9.90 Å². The minimum Gasteiger partial charge on any atom is -0.388 e. The highest BCUT2D eigenvalue weighted by atomic mass is 35.5. The number of urea groups is 1. The molecule has 2 aliphatic rings. The Kier molecular flexibility index (Phi) is 4.97. The van der Waals surface area contributed by atoms with E-state index in [1.54, 1.807) is 6.07 Å². The number of carbonyl (C=O) groups excluding carboxylic acids is 1. The topological polar surface area (TPSA) is 64.6 Å². The molecule has 3 N–H and O–H groups in total. The first-order chi connectivity index (χ1) is 11.1. The number of piperidine rings is 1. The Morgan fingerprint density at radius 1 is 1.22 bits per heavy atom. The molecule has 1 aliphatic carbocycles. The molecular formula is C17H24ClN3O2. The summed E-state index contributed by atoms with van der Waals surface area (Å²) in [4.78, 5) is 14.2. The Morgan fingerprint density at radius 2 is 1.96 bits per heavy atom. The maximum absolute atomic E-state index is 11.9. The van der Waals surface area contributed by atoms with Crippen molar-refractivity contribution in [2.75, 3.05) is 29.9 Å². The Hall–Kier alpha value is -1.46. The highest BCUT2D eigenvalue weighted by Crippen LogP contribution is 2.31. The van der Waals surface area contributed by atoms with Gasteiger partial charge in [0.05, 0.1) is 16.3 Å². The second-order valence-electron chi connectivity index (χ2n) is 6.60. The van der Waals surface area contributed by atoms with Crippen LogP contribution in [0.15, 0.2) is 18.2 Å². The fourth-order valence-corrected chi connectivity index (χ4v) is 3.46. The van der Waals surface area contributed by atoms with E-state index in [1.807, 2.05) is 12.1 Å². The molecule has 6 heteroatoms. The van der Waals surface area contributed by atoms with Crippen molar-refractivity contribution in [3.63, 3.8) is 0 Å². The van der Waals surface area contributed by atoms with E-state index in [0.717, 1.165) is 38.0 Å². The standard InChI is InChI=1S/C17H24ClN3O2/c18-14-11-13(5-6-15(14)21-9-2-1-3-10-21)20-16(22)19-12-17(23)7-4-8-17/h5-6,11,23H,1-4,7-10,12H2,(H2,19,20,22). The lowest BCUT2D eigenvalue weighted by molar-refractivity contribution is -0.0287. The third-order valence-electron chi connectivity index (χ3n) is 4.76. The van der Waals surface area contributed by atoms with E-state index in [4.69, 9.17) is 11.6 Å². The average Bonchev–Trinajstić information content (AvgIpc) is 2.52. The maximum atomic E-state index is 11.9. The number of carbonyl (C=O) groups is 1. The van der Waals surface area contributed by atoms with Crippen LogP contribution in [0.1, 0.15) is 38.5 Å². The maximum Gasteiger partial charge on any atom is 0.319 e. The molecular weight excluding hydrogens is 314 g/mol. The minimum absolute atomic E-state index is 0.290. The fourth-order valence-electron chi connectivity index (χ4n) is 3.16. The summed E-state index contributed by atoms with van der Waals surface area (Å²) >= 11 is 6.37. The number of benzene rings is 1. The van der Waals surface area contributed by atoms with Gasteiger partial charge < -0.3 is 20.6 Å². The van der Waals surface area contributed by atoms with Gasteiger partial charge in [-0.15, -0.1) is 0 Å². The zero-order chi connectivity index (χ0) is 16.3. The molecule has 0 radical (unpaired) electrons. The molecule has 2 fully saturated rings. The van der Waals surface area contributed by atoms with Crippen molar-refractivity contribution in [3.05, 3.63) is 23.2 Å². The van der Waals surface area contributed by atoms with Gasteiger partial charge in [-0.05, 0) is 56.7 Å². The van der Waals surface area contributed by atoms with Gasteiger partial charge in [0.25, 0.3) is 0 Å². The minimum atomic E-state index is -0.715. The summed E-state index contributed by atoms with van der Waals surface area (Å²) in [6.07, 6.45) is 6.20. The monoisotopic (exact) mass is 337 g/mol. The number of nitrogens with zero attached hydrogens (tertiary/aromatic N) is 1. The molecule has 23 heavy (non-hydrogen) atoms. The van der Waals surface area contributed by atoms with Gasteiger partial charge in [-0.25, -0.2) is 4.79 Å². The molecule has 0 aromatic heterocycles. The predicted octanol–water partition coefficient (Wildman–Crippen LogP) is 3.37. The molecule has 126 valence electrons. The number of halogens is 1. The molecule has 0 bridgehead atoms. The van der Waals surface area contributed by atoms with Crippen LogP contribution in [-0.4, -0.2) is 36.4 Å². The van der Waals surface area contributed by atoms with Gasteiger partial charge in [-0.3, -0.25) is 0 Å². The van der Waals surface area contributed by atoms with Gasteiger partial charge in [0.2, 0.25) is 0 Å². The predicted molar refractivity (Wildman–Crippen MR) is 93.3 cm³/mol. The number of anilines is 2. The first-order valence-corrected chi connectivity index (χ1v) is 8.75. The molecule has 2 amide bonds. The number of hydrogen-bond acceptors (Lipinski definition) is 3. The summed E-state index contributed by atoms with van der Waals surface area (Å²) in [6.45, 7) is 2.36. The lowest BCUT2D eigenvalue weighted by Gasteiger charge is -2.36. The van der Waals surface area contributed by atoms with Crippen molar-refractivity contribution in [1.29, 1.82) is 0 Å². The second kappa shape index (κ2) is 6.97. The second-order valence-corrected chi connectivity index (χ2v) is 7.01. The first kappa shape index (κ1) is 16.4. The number of aliphatic hydroxyl groups is 1. The lowest BCUT2D eigenvalue weighted by Crippen LogP contribution is -2.48. The van der Waals surface area contributed by atoms with Crippen LogP contribution in [0.2, 0.25) is 5.02 Å². The van der Waals surface area contributed by atoms with Crippen molar-refractivity contribution in [2.24, 2.45) is 0 Å². The molecule has 1 saturated heterocycles. The third kappa shape index (κ3) is 4.09. The van der Waals surface area contributed by atoms with Crippen LogP contribution >= 0.6 is 11.6 Å². The summed E-state index contributed by atoms with van der Waals surface area (Å²) in [7, 11) is 0. The van der Waals surface area contributed by atoms with Gasteiger partial charge >= 0.3 is 6.03 Å². The van der Waals surface area contributed by atoms with E-state index < -0.39 is 5.60 Å². The van der Waals surface area contributed by atoms with Crippen LogP contribution in [0.5, 0.6) is 0 Å². The van der Waals surface area contributed by atoms with E-state index in [-0.39, 0.29) is 6.03 Å². The molecule has 1 aromatic rings. The van der Waals surface area contributed by atoms with E-state index in [2.05, 4.69) is 15.5 Å². The molecule has 0 atom stereocenters. The zero-order valence-corrected chi connectivity index (χ0v) is 14.0. The van der Waals surface area contributed by atoms with Gasteiger partial charge in [0.15, 0.2) is 0 Å². The van der Waals surface area contributed by atoms with Crippen LogP contribution in [0.25, 0.3) is 0 Å². The molecule has 1 heterocycles.